The SMILES string of the molecule is CC(C)(O)C1=CN2C(CO)=C(c3ccc(Cl)cc3)NC2S1. The molecule has 3 N–H and O–H groups in total. The van der Waals surface area contributed by atoms with Gasteiger partial charge in [0.25, 0.3) is 0 Å². The zero-order valence-electron chi connectivity index (χ0n) is 11.8. The number of aliphatic hydroxyl groups excluding tert-OH is 1. The number of nitrogens with zero attached hydrogens (tertiary/aromatic N) is 1. The van der Waals surface area contributed by atoms with Crippen molar-refractivity contribution < 1.29 is 10.2 Å². The number of aliphatic hydroxyl groups is 2. The Labute approximate surface area is 133 Å². The lowest BCUT2D eigenvalue weighted by atomic mass is 10.1. The molecule has 0 aromatic heterocycles. The molecule has 2 aliphatic rings. The van der Waals surface area contributed by atoms with Crippen LogP contribution in [0.3, 0.4) is 0 Å². The molecule has 0 saturated heterocycles. The quantitative estimate of drug-likeness (QED) is 0.798. The molecule has 1 aromatic rings. The number of halogens is 1. The highest BCUT2D eigenvalue weighted by molar-refractivity contribution is 8.03. The van der Waals surface area contributed by atoms with Gasteiger partial charge in [-0.2, -0.15) is 0 Å². The van der Waals surface area contributed by atoms with E-state index in [4.69, 9.17) is 11.6 Å². The van der Waals surface area contributed by atoms with Crippen molar-refractivity contribution in [1.82, 2.24) is 10.2 Å². The standard InChI is InChI=1S/C15H17ClN2O2S/c1-15(2,20)12-7-18-11(8-19)13(17-14(18)21-12)9-3-5-10(16)6-4-9/h3-7,14,17,19-20H,8H2,1-2H3. The van der Waals surface area contributed by atoms with Gasteiger partial charge in [-0.1, -0.05) is 35.5 Å². The number of nitrogens with one attached hydrogen (secondary N) is 1. The van der Waals surface area contributed by atoms with E-state index in [9.17, 15) is 10.2 Å². The van der Waals surface area contributed by atoms with Gasteiger partial charge in [-0.15, -0.1) is 0 Å². The van der Waals surface area contributed by atoms with Crippen molar-refractivity contribution in [3.63, 3.8) is 0 Å². The van der Waals surface area contributed by atoms with Crippen LogP contribution in [0.25, 0.3) is 5.70 Å². The minimum atomic E-state index is -0.877. The molecule has 1 aromatic carbocycles. The van der Waals surface area contributed by atoms with Crippen LogP contribution in [0.4, 0.5) is 0 Å². The number of benzene rings is 1. The van der Waals surface area contributed by atoms with E-state index >= 15 is 0 Å². The Balaban J connectivity index is 1.96. The van der Waals surface area contributed by atoms with Crippen LogP contribution in [0.1, 0.15) is 19.4 Å². The molecule has 4 nitrogen and oxygen atoms in total. The lowest BCUT2D eigenvalue weighted by Crippen LogP contribution is -2.27. The maximum atomic E-state index is 10.1. The minimum absolute atomic E-state index is 0.0285. The summed E-state index contributed by atoms with van der Waals surface area (Å²) in [5, 5.41) is 23.9. The minimum Gasteiger partial charge on any atom is -0.390 e. The third-order valence-electron chi connectivity index (χ3n) is 3.50. The van der Waals surface area contributed by atoms with E-state index in [0.717, 1.165) is 21.9 Å². The van der Waals surface area contributed by atoms with Crippen molar-refractivity contribution in [3.05, 3.63) is 51.7 Å². The fourth-order valence-corrected chi connectivity index (χ4v) is 3.69. The second-order valence-electron chi connectivity index (χ2n) is 5.56. The van der Waals surface area contributed by atoms with E-state index in [0.29, 0.717) is 5.02 Å². The maximum Gasteiger partial charge on any atom is 0.156 e. The predicted molar refractivity (Wildman–Crippen MR) is 86.2 cm³/mol. The van der Waals surface area contributed by atoms with Crippen LogP contribution in [-0.4, -0.2) is 32.8 Å². The van der Waals surface area contributed by atoms with Gasteiger partial charge < -0.3 is 20.4 Å². The number of rotatable bonds is 3. The highest BCUT2D eigenvalue weighted by Gasteiger charge is 2.39. The maximum absolute atomic E-state index is 10.1. The topological polar surface area (TPSA) is 55.7 Å². The molecule has 0 aliphatic carbocycles. The fraction of sp³-hybridized carbons (Fsp3) is 0.333. The first-order chi connectivity index (χ1) is 9.90. The number of hydrogen-bond donors (Lipinski definition) is 3. The van der Waals surface area contributed by atoms with Crippen molar-refractivity contribution >= 4 is 29.1 Å². The summed E-state index contributed by atoms with van der Waals surface area (Å²) in [5.41, 5.74) is 1.78. The summed E-state index contributed by atoms with van der Waals surface area (Å²) in [7, 11) is 0. The van der Waals surface area contributed by atoms with E-state index in [1.807, 2.05) is 35.4 Å². The zero-order valence-corrected chi connectivity index (χ0v) is 13.4. The lowest BCUT2D eigenvalue weighted by Gasteiger charge is -2.19. The van der Waals surface area contributed by atoms with Crippen molar-refractivity contribution in [2.45, 2.75) is 24.9 Å². The summed E-state index contributed by atoms with van der Waals surface area (Å²) in [6, 6.07) is 7.51. The molecule has 0 amide bonds. The van der Waals surface area contributed by atoms with Crippen LogP contribution in [-0.2, 0) is 0 Å². The van der Waals surface area contributed by atoms with Crippen molar-refractivity contribution in [2.24, 2.45) is 0 Å². The third kappa shape index (κ3) is 2.66. The third-order valence-corrected chi connectivity index (χ3v) is 5.18. The molecular weight excluding hydrogens is 308 g/mol. The first-order valence-electron chi connectivity index (χ1n) is 6.66. The Kier molecular flexibility index (Phi) is 3.69. The van der Waals surface area contributed by atoms with E-state index in [1.54, 1.807) is 25.6 Å². The Morgan fingerprint density at radius 1 is 1.33 bits per heavy atom. The summed E-state index contributed by atoms with van der Waals surface area (Å²) in [5.74, 6) is 0. The molecule has 112 valence electrons. The smallest absolute Gasteiger partial charge is 0.156 e. The summed E-state index contributed by atoms with van der Waals surface area (Å²) in [6.07, 6.45) is 1.90. The van der Waals surface area contributed by atoms with E-state index in [1.165, 1.54) is 0 Å². The summed E-state index contributed by atoms with van der Waals surface area (Å²) in [6.45, 7) is 3.45. The highest BCUT2D eigenvalue weighted by Crippen LogP contribution is 2.44. The van der Waals surface area contributed by atoms with Gasteiger partial charge in [0.1, 0.15) is 0 Å². The van der Waals surface area contributed by atoms with Gasteiger partial charge in [-0.3, -0.25) is 0 Å². The summed E-state index contributed by atoms with van der Waals surface area (Å²) in [4.78, 5) is 2.85. The monoisotopic (exact) mass is 324 g/mol. The Bertz CT molecular complexity index is 620. The number of fused-ring (bicyclic) bond motifs is 1. The zero-order chi connectivity index (χ0) is 15.2. The van der Waals surface area contributed by atoms with Crippen LogP contribution in [0.15, 0.2) is 41.1 Å². The van der Waals surface area contributed by atoms with E-state index in [-0.39, 0.29) is 12.1 Å². The van der Waals surface area contributed by atoms with Gasteiger partial charge in [0.2, 0.25) is 0 Å². The molecule has 0 spiro atoms. The molecule has 2 heterocycles. The van der Waals surface area contributed by atoms with Gasteiger partial charge in [-0.25, -0.2) is 0 Å². The molecule has 0 radical (unpaired) electrons. The molecule has 21 heavy (non-hydrogen) atoms. The van der Waals surface area contributed by atoms with Crippen LogP contribution >= 0.6 is 23.4 Å². The lowest BCUT2D eigenvalue weighted by molar-refractivity contribution is 0.128. The van der Waals surface area contributed by atoms with Gasteiger partial charge in [0.15, 0.2) is 5.50 Å². The molecule has 0 saturated carbocycles. The second kappa shape index (κ2) is 5.25. The van der Waals surface area contributed by atoms with Crippen LogP contribution < -0.4 is 5.32 Å². The fourth-order valence-electron chi connectivity index (χ4n) is 2.39. The average molecular weight is 325 g/mol. The normalized spacial score (nSPS) is 21.5. The molecule has 6 heteroatoms. The highest BCUT2D eigenvalue weighted by atomic mass is 35.5. The number of hydrogen-bond acceptors (Lipinski definition) is 5. The van der Waals surface area contributed by atoms with Crippen molar-refractivity contribution in [2.75, 3.05) is 6.61 Å². The van der Waals surface area contributed by atoms with Gasteiger partial charge >= 0.3 is 0 Å². The van der Waals surface area contributed by atoms with Gasteiger partial charge in [0, 0.05) is 16.1 Å². The molecule has 0 bridgehead atoms. The van der Waals surface area contributed by atoms with Crippen LogP contribution in [0.2, 0.25) is 5.02 Å². The Hall–Kier alpha value is -1.14. The van der Waals surface area contributed by atoms with Gasteiger partial charge in [0.05, 0.1) is 23.6 Å². The molecule has 0 fully saturated rings. The van der Waals surface area contributed by atoms with E-state index in [2.05, 4.69) is 5.32 Å². The molecule has 1 atom stereocenters. The van der Waals surface area contributed by atoms with Crippen LogP contribution in [0.5, 0.6) is 0 Å². The first-order valence-corrected chi connectivity index (χ1v) is 7.92. The summed E-state index contributed by atoms with van der Waals surface area (Å²) < 4.78 is 0. The second-order valence-corrected chi connectivity index (χ2v) is 7.12. The van der Waals surface area contributed by atoms with Crippen molar-refractivity contribution in [3.8, 4) is 0 Å². The largest absolute Gasteiger partial charge is 0.390 e. The Morgan fingerprint density at radius 2 is 2.00 bits per heavy atom. The predicted octanol–water partition coefficient (Wildman–Crippen LogP) is 2.55. The first kappa shape index (κ1) is 14.8. The Morgan fingerprint density at radius 3 is 2.57 bits per heavy atom. The van der Waals surface area contributed by atoms with E-state index < -0.39 is 5.60 Å². The number of thioether (sulfide) groups is 1. The van der Waals surface area contributed by atoms with Crippen molar-refractivity contribution in [1.29, 1.82) is 0 Å². The molecule has 2 aliphatic heterocycles. The summed E-state index contributed by atoms with van der Waals surface area (Å²) >= 11 is 7.47. The van der Waals surface area contributed by atoms with Crippen LogP contribution in [0, 0.1) is 0 Å². The molecular formula is C15H17ClN2O2S. The van der Waals surface area contributed by atoms with Gasteiger partial charge in [-0.05, 0) is 31.5 Å². The molecule has 3 rings (SSSR count). The average Bonchev–Trinajstić information content (AvgIpc) is 2.96. The molecule has 1 unspecified atom stereocenters.